The van der Waals surface area contributed by atoms with E-state index in [1.54, 1.807) is 6.07 Å². The predicted molar refractivity (Wildman–Crippen MR) is 46.7 cm³/mol. The van der Waals surface area contributed by atoms with Crippen LogP contribution in [0.1, 0.15) is 5.56 Å². The van der Waals surface area contributed by atoms with Gasteiger partial charge in [-0.25, -0.2) is 0 Å². The SMILES string of the molecule is N#CC=Cc1c[n+]([O-])ccc1[N+](=O)[O-]. The summed E-state index contributed by atoms with van der Waals surface area (Å²) in [4.78, 5) is 9.86. The minimum Gasteiger partial charge on any atom is -0.619 e. The molecule has 6 nitrogen and oxygen atoms in total. The second-order valence-electron chi connectivity index (χ2n) is 2.36. The van der Waals surface area contributed by atoms with Gasteiger partial charge in [-0.2, -0.15) is 9.99 Å². The standard InChI is InChI=1S/C8H5N3O3/c9-4-1-2-7-6-10(12)5-3-8(7)11(13)14/h1-3,5-6H. The van der Waals surface area contributed by atoms with Crippen LogP contribution in [0.4, 0.5) is 5.69 Å². The van der Waals surface area contributed by atoms with Crippen LogP contribution in [0.2, 0.25) is 0 Å². The number of rotatable bonds is 2. The minimum absolute atomic E-state index is 0.106. The number of pyridine rings is 1. The Bertz CT molecular complexity index is 434. The van der Waals surface area contributed by atoms with E-state index >= 15 is 0 Å². The Balaban J connectivity index is 3.24. The Morgan fingerprint density at radius 3 is 2.93 bits per heavy atom. The third-order valence-corrected chi connectivity index (χ3v) is 1.48. The maximum absolute atomic E-state index is 10.8. The van der Waals surface area contributed by atoms with Gasteiger partial charge < -0.3 is 5.21 Å². The second-order valence-corrected chi connectivity index (χ2v) is 2.36. The van der Waals surface area contributed by atoms with Crippen molar-refractivity contribution in [2.24, 2.45) is 0 Å². The number of hydrogen-bond acceptors (Lipinski definition) is 4. The zero-order valence-electron chi connectivity index (χ0n) is 6.95. The molecule has 0 aliphatic rings. The number of hydrogen-bond donors (Lipinski definition) is 0. The van der Waals surface area contributed by atoms with Crippen molar-refractivity contribution in [3.63, 3.8) is 0 Å². The normalized spacial score (nSPS) is 9.93. The fourth-order valence-electron chi connectivity index (χ4n) is 0.908. The highest BCUT2D eigenvalue weighted by Gasteiger charge is 2.13. The first-order valence-corrected chi connectivity index (χ1v) is 3.58. The van der Waals surface area contributed by atoms with Crippen molar-refractivity contribution in [2.45, 2.75) is 0 Å². The molecule has 0 radical (unpaired) electrons. The van der Waals surface area contributed by atoms with Crippen molar-refractivity contribution in [3.05, 3.63) is 45.4 Å². The molecule has 1 heterocycles. The molecule has 0 spiro atoms. The maximum Gasteiger partial charge on any atom is 0.288 e. The summed E-state index contributed by atoms with van der Waals surface area (Å²) in [6.45, 7) is 0. The molecule has 0 unspecified atom stereocenters. The van der Waals surface area contributed by atoms with Crippen LogP contribution in [-0.2, 0) is 0 Å². The van der Waals surface area contributed by atoms with Crippen molar-refractivity contribution in [1.82, 2.24) is 0 Å². The Hall–Kier alpha value is -2.42. The average Bonchev–Trinajstić information content (AvgIpc) is 2.14. The van der Waals surface area contributed by atoms with Gasteiger partial charge >= 0.3 is 0 Å². The first kappa shape index (κ1) is 9.67. The van der Waals surface area contributed by atoms with Crippen LogP contribution in [0.3, 0.4) is 0 Å². The highest BCUT2D eigenvalue weighted by molar-refractivity contribution is 5.60. The molecule has 0 bridgehead atoms. The molecule has 0 aromatic carbocycles. The van der Waals surface area contributed by atoms with Gasteiger partial charge in [-0.1, -0.05) is 0 Å². The fraction of sp³-hybridized carbons (Fsp3) is 0. The van der Waals surface area contributed by atoms with Crippen molar-refractivity contribution >= 4 is 11.8 Å². The molecule has 0 aliphatic carbocycles. The molecule has 0 N–H and O–H groups in total. The van der Waals surface area contributed by atoms with Gasteiger partial charge in [0.1, 0.15) is 5.56 Å². The van der Waals surface area contributed by atoms with E-state index in [1.165, 1.54) is 6.08 Å². The topological polar surface area (TPSA) is 93.9 Å². The van der Waals surface area contributed by atoms with Gasteiger partial charge in [0.05, 0.1) is 17.1 Å². The molecule has 0 aliphatic heterocycles. The van der Waals surface area contributed by atoms with Crippen LogP contribution in [0.5, 0.6) is 0 Å². The number of nitro groups is 1. The van der Waals surface area contributed by atoms with Crippen LogP contribution in [0.15, 0.2) is 24.5 Å². The first-order chi connectivity index (χ1) is 6.65. The second kappa shape index (κ2) is 4.00. The lowest BCUT2D eigenvalue weighted by Crippen LogP contribution is -2.24. The van der Waals surface area contributed by atoms with Crippen molar-refractivity contribution in [2.75, 3.05) is 0 Å². The van der Waals surface area contributed by atoms with Gasteiger partial charge in [0.25, 0.3) is 5.69 Å². The highest BCUT2D eigenvalue weighted by atomic mass is 16.6. The lowest BCUT2D eigenvalue weighted by Gasteiger charge is -1.97. The summed E-state index contributed by atoms with van der Waals surface area (Å²) < 4.78 is 0.435. The van der Waals surface area contributed by atoms with E-state index in [1.807, 2.05) is 0 Å². The van der Waals surface area contributed by atoms with Crippen LogP contribution in [0, 0.1) is 26.7 Å². The van der Waals surface area contributed by atoms with E-state index in [0.717, 1.165) is 24.5 Å². The van der Waals surface area contributed by atoms with Crippen LogP contribution in [0.25, 0.3) is 6.08 Å². The van der Waals surface area contributed by atoms with Gasteiger partial charge in [-0.05, 0) is 6.08 Å². The van der Waals surface area contributed by atoms with E-state index in [4.69, 9.17) is 5.26 Å². The fourth-order valence-corrected chi connectivity index (χ4v) is 0.908. The Morgan fingerprint density at radius 1 is 1.64 bits per heavy atom. The number of allylic oxidation sites excluding steroid dienone is 1. The lowest BCUT2D eigenvalue weighted by molar-refractivity contribution is -0.606. The van der Waals surface area contributed by atoms with Crippen molar-refractivity contribution < 1.29 is 9.65 Å². The molecule has 0 saturated heterocycles. The first-order valence-electron chi connectivity index (χ1n) is 3.58. The van der Waals surface area contributed by atoms with Crippen LogP contribution >= 0.6 is 0 Å². The molecule has 1 rings (SSSR count). The van der Waals surface area contributed by atoms with E-state index < -0.39 is 4.92 Å². The molecule has 0 atom stereocenters. The summed E-state index contributed by atoms with van der Waals surface area (Å²) in [6, 6.07) is 2.77. The quantitative estimate of drug-likeness (QED) is 0.227. The van der Waals surface area contributed by atoms with E-state index in [0.29, 0.717) is 4.73 Å². The van der Waals surface area contributed by atoms with Gasteiger partial charge in [-0.15, -0.1) is 0 Å². The third-order valence-electron chi connectivity index (χ3n) is 1.48. The lowest BCUT2D eigenvalue weighted by atomic mass is 10.2. The number of nitriles is 1. The summed E-state index contributed by atoms with van der Waals surface area (Å²) in [5, 5.41) is 29.5. The number of nitrogens with zero attached hydrogens (tertiary/aromatic N) is 3. The van der Waals surface area contributed by atoms with Gasteiger partial charge in [0, 0.05) is 6.08 Å². The summed E-state index contributed by atoms with van der Waals surface area (Å²) in [6.07, 6.45) is 4.35. The smallest absolute Gasteiger partial charge is 0.288 e. The predicted octanol–water partition coefficient (Wildman–Crippen LogP) is 0.765. The summed E-state index contributed by atoms with van der Waals surface area (Å²) in [5.74, 6) is 0. The van der Waals surface area contributed by atoms with Gasteiger partial charge in [-0.3, -0.25) is 10.1 Å². The zero-order valence-corrected chi connectivity index (χ0v) is 6.95. The Morgan fingerprint density at radius 2 is 2.36 bits per heavy atom. The Labute approximate surface area is 79.1 Å². The van der Waals surface area contributed by atoms with Crippen LogP contribution < -0.4 is 4.73 Å². The number of aromatic nitrogens is 1. The molecule has 0 fully saturated rings. The zero-order chi connectivity index (χ0) is 10.6. The molecule has 1 aromatic rings. The molecule has 0 saturated carbocycles. The molecule has 0 amide bonds. The molecule has 14 heavy (non-hydrogen) atoms. The van der Waals surface area contributed by atoms with E-state index in [-0.39, 0.29) is 11.3 Å². The van der Waals surface area contributed by atoms with Gasteiger partial charge in [0.15, 0.2) is 12.4 Å². The monoisotopic (exact) mass is 191 g/mol. The maximum atomic E-state index is 10.8. The molecule has 6 heteroatoms. The molecule has 1 aromatic heterocycles. The van der Waals surface area contributed by atoms with E-state index in [2.05, 4.69) is 0 Å². The van der Waals surface area contributed by atoms with Gasteiger partial charge in [0.2, 0.25) is 0 Å². The molecular formula is C8H5N3O3. The molecular weight excluding hydrogens is 186 g/mol. The summed E-state index contributed by atoms with van der Waals surface area (Å²) in [7, 11) is 0. The third kappa shape index (κ3) is 2.04. The minimum atomic E-state index is -0.614. The van der Waals surface area contributed by atoms with Crippen LogP contribution in [-0.4, -0.2) is 4.92 Å². The summed E-state index contributed by atoms with van der Waals surface area (Å²) >= 11 is 0. The average molecular weight is 191 g/mol. The summed E-state index contributed by atoms with van der Waals surface area (Å²) in [5.41, 5.74) is -0.0994. The largest absolute Gasteiger partial charge is 0.619 e. The Kier molecular flexibility index (Phi) is 2.76. The van der Waals surface area contributed by atoms with Crippen molar-refractivity contribution in [1.29, 1.82) is 5.26 Å². The molecule has 70 valence electrons. The van der Waals surface area contributed by atoms with E-state index in [9.17, 15) is 15.3 Å². The van der Waals surface area contributed by atoms with Crippen molar-refractivity contribution in [3.8, 4) is 6.07 Å². The highest BCUT2D eigenvalue weighted by Crippen LogP contribution is 2.16.